The lowest BCUT2D eigenvalue weighted by Gasteiger charge is -2.28. The van der Waals surface area contributed by atoms with E-state index in [0.29, 0.717) is 30.0 Å². The zero-order valence-corrected chi connectivity index (χ0v) is 16.5. The van der Waals surface area contributed by atoms with E-state index in [2.05, 4.69) is 16.0 Å². The molecule has 148 valence electrons. The molecule has 3 amide bonds. The largest absolute Gasteiger partial charge is 0.495 e. The second-order valence-electron chi connectivity index (χ2n) is 7.44. The smallest absolute Gasteiger partial charge is 0.231 e. The summed E-state index contributed by atoms with van der Waals surface area (Å²) in [7, 11) is 1.52. The van der Waals surface area contributed by atoms with Crippen molar-refractivity contribution < 1.29 is 19.1 Å². The van der Waals surface area contributed by atoms with Gasteiger partial charge in [0.15, 0.2) is 0 Å². The van der Waals surface area contributed by atoms with Gasteiger partial charge in [-0.1, -0.05) is 12.8 Å². The van der Waals surface area contributed by atoms with Crippen LogP contribution in [-0.2, 0) is 14.4 Å². The summed E-state index contributed by atoms with van der Waals surface area (Å²) in [5.41, 5.74) is 0.328. The van der Waals surface area contributed by atoms with Gasteiger partial charge in [-0.25, -0.2) is 0 Å². The quantitative estimate of drug-likeness (QED) is 0.682. The normalized spacial score (nSPS) is 15.3. The van der Waals surface area contributed by atoms with Gasteiger partial charge in [0, 0.05) is 25.1 Å². The van der Waals surface area contributed by atoms with Crippen molar-refractivity contribution in [2.75, 3.05) is 17.7 Å². The minimum absolute atomic E-state index is 0.0356. The molecule has 27 heavy (non-hydrogen) atoms. The summed E-state index contributed by atoms with van der Waals surface area (Å²) in [5.74, 6) is 0.00508. The summed E-state index contributed by atoms with van der Waals surface area (Å²) < 4.78 is 5.33. The number of amides is 3. The molecule has 0 bridgehead atoms. The van der Waals surface area contributed by atoms with E-state index in [4.69, 9.17) is 4.74 Å². The van der Waals surface area contributed by atoms with Crippen molar-refractivity contribution in [2.45, 2.75) is 58.9 Å². The number of hydrogen-bond donors (Lipinski definition) is 3. The second kappa shape index (κ2) is 8.88. The van der Waals surface area contributed by atoms with E-state index in [0.717, 1.165) is 12.8 Å². The molecule has 0 radical (unpaired) electrons. The molecule has 1 saturated carbocycles. The number of rotatable bonds is 7. The lowest BCUT2D eigenvalue weighted by atomic mass is 9.81. The molecule has 0 aromatic heterocycles. The summed E-state index contributed by atoms with van der Waals surface area (Å²) in [6, 6.07) is 5.09. The molecule has 0 heterocycles. The first-order valence-corrected chi connectivity index (χ1v) is 9.32. The fourth-order valence-electron chi connectivity index (χ4n) is 3.56. The Morgan fingerprint density at radius 1 is 1.15 bits per heavy atom. The molecule has 2 rings (SSSR count). The first kappa shape index (κ1) is 20.7. The van der Waals surface area contributed by atoms with Gasteiger partial charge in [-0.05, 0) is 44.9 Å². The predicted octanol–water partition coefficient (Wildman–Crippen LogP) is 3.07. The lowest BCUT2D eigenvalue weighted by Crippen LogP contribution is -2.40. The highest BCUT2D eigenvalue weighted by Gasteiger charge is 2.43. The SMILES string of the molecule is COc1ccc(NC(C)=O)cc1NC(=O)C1(CC(=O)NC(C)C)CCCC1. The highest BCUT2D eigenvalue weighted by Crippen LogP contribution is 2.43. The average molecular weight is 375 g/mol. The van der Waals surface area contributed by atoms with E-state index >= 15 is 0 Å². The molecule has 1 aromatic carbocycles. The van der Waals surface area contributed by atoms with Crippen LogP contribution in [0, 0.1) is 5.41 Å². The maximum atomic E-state index is 13.1. The van der Waals surface area contributed by atoms with Crippen molar-refractivity contribution in [2.24, 2.45) is 5.41 Å². The number of carbonyl (C=O) groups is 3. The van der Waals surface area contributed by atoms with Crippen LogP contribution in [0.5, 0.6) is 5.75 Å². The van der Waals surface area contributed by atoms with Crippen LogP contribution in [0.1, 0.15) is 52.9 Å². The Balaban J connectivity index is 2.22. The Labute approximate surface area is 160 Å². The Morgan fingerprint density at radius 2 is 1.81 bits per heavy atom. The van der Waals surface area contributed by atoms with Crippen molar-refractivity contribution in [1.29, 1.82) is 0 Å². The van der Waals surface area contributed by atoms with Crippen molar-refractivity contribution in [3.8, 4) is 5.75 Å². The zero-order valence-electron chi connectivity index (χ0n) is 16.5. The summed E-state index contributed by atoms with van der Waals surface area (Å²) in [6.45, 7) is 5.22. The summed E-state index contributed by atoms with van der Waals surface area (Å²) in [4.78, 5) is 36.7. The molecule has 0 saturated heterocycles. The fraction of sp³-hybridized carbons (Fsp3) is 0.550. The predicted molar refractivity (Wildman–Crippen MR) is 105 cm³/mol. The van der Waals surface area contributed by atoms with E-state index in [9.17, 15) is 14.4 Å². The van der Waals surface area contributed by atoms with E-state index in [1.165, 1.54) is 14.0 Å². The number of benzene rings is 1. The van der Waals surface area contributed by atoms with Gasteiger partial charge in [0.25, 0.3) is 0 Å². The van der Waals surface area contributed by atoms with Gasteiger partial charge in [-0.2, -0.15) is 0 Å². The number of hydrogen-bond acceptors (Lipinski definition) is 4. The molecule has 0 atom stereocenters. The third-order valence-corrected chi connectivity index (χ3v) is 4.76. The minimum atomic E-state index is -0.714. The van der Waals surface area contributed by atoms with Gasteiger partial charge < -0.3 is 20.7 Å². The Bertz CT molecular complexity index is 709. The van der Waals surface area contributed by atoms with Crippen LogP contribution >= 0.6 is 0 Å². The number of carbonyl (C=O) groups excluding carboxylic acids is 3. The Morgan fingerprint density at radius 3 is 2.37 bits per heavy atom. The van der Waals surface area contributed by atoms with Crippen molar-refractivity contribution in [3.63, 3.8) is 0 Å². The first-order valence-electron chi connectivity index (χ1n) is 9.32. The van der Waals surface area contributed by atoms with Crippen LogP contribution in [0.4, 0.5) is 11.4 Å². The third-order valence-electron chi connectivity index (χ3n) is 4.76. The molecule has 0 spiro atoms. The zero-order chi connectivity index (χ0) is 20.0. The lowest BCUT2D eigenvalue weighted by molar-refractivity contribution is -0.132. The maximum Gasteiger partial charge on any atom is 0.231 e. The molecule has 1 aliphatic carbocycles. The molecule has 0 aliphatic heterocycles. The van der Waals surface area contributed by atoms with Gasteiger partial charge in [-0.15, -0.1) is 0 Å². The topological polar surface area (TPSA) is 96.5 Å². The van der Waals surface area contributed by atoms with Crippen LogP contribution in [0.25, 0.3) is 0 Å². The highest BCUT2D eigenvalue weighted by atomic mass is 16.5. The van der Waals surface area contributed by atoms with Crippen LogP contribution in [-0.4, -0.2) is 30.9 Å². The molecule has 1 fully saturated rings. The monoisotopic (exact) mass is 375 g/mol. The Hall–Kier alpha value is -2.57. The van der Waals surface area contributed by atoms with Gasteiger partial charge in [0.1, 0.15) is 5.75 Å². The van der Waals surface area contributed by atoms with Gasteiger partial charge in [0.05, 0.1) is 18.2 Å². The average Bonchev–Trinajstić information content (AvgIpc) is 3.03. The molecular weight excluding hydrogens is 346 g/mol. The Kier molecular flexibility index (Phi) is 6.82. The standard InChI is InChI=1S/C20H29N3O4/c1-13(2)21-18(25)12-20(9-5-6-10-20)19(26)23-16-11-15(22-14(3)24)7-8-17(16)27-4/h7-8,11,13H,5-6,9-10,12H2,1-4H3,(H,21,25)(H,22,24)(H,23,26). The third kappa shape index (κ3) is 5.45. The molecule has 0 unspecified atom stereocenters. The van der Waals surface area contributed by atoms with E-state index in [1.807, 2.05) is 13.8 Å². The van der Waals surface area contributed by atoms with Crippen molar-refractivity contribution >= 4 is 29.1 Å². The summed E-state index contributed by atoms with van der Waals surface area (Å²) >= 11 is 0. The maximum absolute atomic E-state index is 13.1. The summed E-state index contributed by atoms with van der Waals surface area (Å²) in [5, 5.41) is 8.49. The van der Waals surface area contributed by atoms with E-state index < -0.39 is 5.41 Å². The first-order chi connectivity index (χ1) is 12.8. The molecule has 7 heteroatoms. The number of ether oxygens (including phenoxy) is 1. The molecule has 7 nitrogen and oxygen atoms in total. The number of anilines is 2. The van der Waals surface area contributed by atoms with Gasteiger partial charge >= 0.3 is 0 Å². The summed E-state index contributed by atoms with van der Waals surface area (Å²) in [6.07, 6.45) is 3.37. The second-order valence-corrected chi connectivity index (χ2v) is 7.44. The minimum Gasteiger partial charge on any atom is -0.495 e. The molecule has 3 N–H and O–H groups in total. The molecular formula is C20H29N3O4. The van der Waals surface area contributed by atoms with Gasteiger partial charge in [-0.3, -0.25) is 14.4 Å². The van der Waals surface area contributed by atoms with Crippen molar-refractivity contribution in [3.05, 3.63) is 18.2 Å². The van der Waals surface area contributed by atoms with Crippen LogP contribution in [0.3, 0.4) is 0 Å². The molecule has 1 aromatic rings. The fourth-order valence-corrected chi connectivity index (χ4v) is 3.56. The van der Waals surface area contributed by atoms with Crippen LogP contribution in [0.2, 0.25) is 0 Å². The number of nitrogens with one attached hydrogen (secondary N) is 3. The van der Waals surface area contributed by atoms with Gasteiger partial charge in [0.2, 0.25) is 17.7 Å². The number of methoxy groups -OCH3 is 1. The van der Waals surface area contributed by atoms with Crippen molar-refractivity contribution in [1.82, 2.24) is 5.32 Å². The molecule has 1 aliphatic rings. The highest BCUT2D eigenvalue weighted by molar-refractivity contribution is 6.00. The van der Waals surface area contributed by atoms with Crippen LogP contribution < -0.4 is 20.7 Å². The van der Waals surface area contributed by atoms with E-state index in [1.54, 1.807) is 18.2 Å². The van der Waals surface area contributed by atoms with Crippen LogP contribution in [0.15, 0.2) is 18.2 Å². The van der Waals surface area contributed by atoms with E-state index in [-0.39, 0.29) is 30.2 Å².